The first kappa shape index (κ1) is 16.6. The number of rotatable bonds is 3. The molecule has 1 aromatic rings. The highest BCUT2D eigenvalue weighted by molar-refractivity contribution is 7.80. The molecule has 0 saturated carbocycles. The van der Waals surface area contributed by atoms with E-state index in [-0.39, 0.29) is 17.5 Å². The predicted octanol–water partition coefficient (Wildman–Crippen LogP) is 0.0373. The maximum atomic E-state index is 12.8. The number of amides is 4. The number of thiocarbonyl (C=S) groups is 1. The summed E-state index contributed by atoms with van der Waals surface area (Å²) < 4.78 is 12.8. The molecule has 1 aliphatic heterocycles. The van der Waals surface area contributed by atoms with Gasteiger partial charge in [0.1, 0.15) is 18.9 Å². The minimum absolute atomic E-state index is 0.0515. The molecular weight excluding hydrogens is 325 g/mol. The van der Waals surface area contributed by atoms with Gasteiger partial charge in [0.05, 0.1) is 0 Å². The summed E-state index contributed by atoms with van der Waals surface area (Å²) in [5.41, 5.74) is 5.22. The summed E-state index contributed by atoms with van der Waals surface area (Å²) in [6.07, 6.45) is 0. The van der Waals surface area contributed by atoms with Gasteiger partial charge in [-0.2, -0.15) is 0 Å². The predicted molar refractivity (Wildman–Crippen MR) is 83.6 cm³/mol. The number of hydrogen-bond acceptors (Lipinski definition) is 4. The third kappa shape index (κ3) is 4.36. The van der Waals surface area contributed by atoms with Crippen LogP contribution in [0.1, 0.15) is 0 Å². The van der Waals surface area contributed by atoms with Crippen molar-refractivity contribution < 1.29 is 18.8 Å². The van der Waals surface area contributed by atoms with Crippen molar-refractivity contribution in [3.63, 3.8) is 0 Å². The molecule has 1 saturated heterocycles. The Morgan fingerprint density at radius 1 is 1.26 bits per heavy atom. The molecular formula is C13H14FN5O3S. The highest BCUT2D eigenvalue weighted by atomic mass is 32.1. The molecule has 2 rings (SSSR count). The van der Waals surface area contributed by atoms with Crippen LogP contribution in [0.2, 0.25) is 0 Å². The van der Waals surface area contributed by atoms with Crippen molar-refractivity contribution in [2.24, 2.45) is 0 Å². The Labute approximate surface area is 136 Å². The van der Waals surface area contributed by atoms with Gasteiger partial charge in [0.15, 0.2) is 5.11 Å². The van der Waals surface area contributed by atoms with Gasteiger partial charge >= 0.3 is 6.03 Å². The first-order valence-corrected chi connectivity index (χ1v) is 6.94. The van der Waals surface area contributed by atoms with E-state index in [0.29, 0.717) is 5.69 Å². The number of carbonyl (C=O) groups is 3. The monoisotopic (exact) mass is 339 g/mol. The van der Waals surface area contributed by atoms with Gasteiger partial charge in [-0.05, 0) is 36.5 Å². The van der Waals surface area contributed by atoms with Crippen molar-refractivity contribution >= 4 is 40.9 Å². The molecule has 0 atom stereocenters. The summed E-state index contributed by atoms with van der Waals surface area (Å²) in [6, 6.07) is 4.93. The van der Waals surface area contributed by atoms with Gasteiger partial charge < -0.3 is 10.2 Å². The molecule has 1 aromatic carbocycles. The first-order chi connectivity index (χ1) is 10.9. The maximum absolute atomic E-state index is 12.8. The molecule has 8 nitrogen and oxygen atoms in total. The SMILES string of the molecule is CN1CC(=O)N(CC(=O)NNC(=S)Nc2ccc(F)cc2)C1=O. The van der Waals surface area contributed by atoms with E-state index >= 15 is 0 Å². The smallest absolute Gasteiger partial charge is 0.327 e. The quantitative estimate of drug-likeness (QED) is 0.409. The highest BCUT2D eigenvalue weighted by Gasteiger charge is 2.34. The number of urea groups is 1. The summed E-state index contributed by atoms with van der Waals surface area (Å²) in [7, 11) is 1.47. The lowest BCUT2D eigenvalue weighted by Gasteiger charge is -2.15. The number of imide groups is 1. The largest absolute Gasteiger partial charge is 0.331 e. The summed E-state index contributed by atoms with van der Waals surface area (Å²) >= 11 is 4.95. The number of nitrogens with one attached hydrogen (secondary N) is 3. The summed E-state index contributed by atoms with van der Waals surface area (Å²) in [5, 5.41) is 2.80. The zero-order chi connectivity index (χ0) is 17.0. The second kappa shape index (κ2) is 7.01. The molecule has 4 amide bonds. The zero-order valence-corrected chi connectivity index (χ0v) is 12.9. The van der Waals surface area contributed by atoms with E-state index in [1.165, 1.54) is 36.2 Å². The van der Waals surface area contributed by atoms with Gasteiger partial charge in [0.2, 0.25) is 0 Å². The molecule has 0 radical (unpaired) electrons. The lowest BCUT2D eigenvalue weighted by molar-refractivity contribution is -0.130. The Kier molecular flexibility index (Phi) is 5.06. The minimum atomic E-state index is -0.606. The summed E-state index contributed by atoms with van der Waals surface area (Å²) in [4.78, 5) is 36.9. The summed E-state index contributed by atoms with van der Waals surface area (Å²) in [5.74, 6) is -1.43. The fourth-order valence-electron chi connectivity index (χ4n) is 1.83. The second-order valence-electron chi connectivity index (χ2n) is 4.75. The number of hydrogen-bond donors (Lipinski definition) is 3. The normalized spacial score (nSPS) is 14.0. The number of halogens is 1. The Bertz CT molecular complexity index is 652. The van der Waals surface area contributed by atoms with Crippen LogP contribution in [0.3, 0.4) is 0 Å². The number of benzene rings is 1. The molecule has 10 heteroatoms. The van der Waals surface area contributed by atoms with Crippen LogP contribution in [-0.4, -0.2) is 52.9 Å². The Morgan fingerprint density at radius 2 is 1.91 bits per heavy atom. The highest BCUT2D eigenvalue weighted by Crippen LogP contribution is 2.08. The number of carbonyl (C=O) groups excluding carboxylic acids is 3. The van der Waals surface area contributed by atoms with Gasteiger partial charge in [-0.3, -0.25) is 25.3 Å². The van der Waals surface area contributed by atoms with Gasteiger partial charge in [-0.15, -0.1) is 0 Å². The van der Waals surface area contributed by atoms with Gasteiger partial charge in [0.25, 0.3) is 11.8 Å². The fourth-order valence-corrected chi connectivity index (χ4v) is 2.00. The second-order valence-corrected chi connectivity index (χ2v) is 5.16. The zero-order valence-electron chi connectivity index (χ0n) is 12.1. The van der Waals surface area contributed by atoms with Crippen molar-refractivity contribution in [1.29, 1.82) is 0 Å². The van der Waals surface area contributed by atoms with Gasteiger partial charge in [-0.25, -0.2) is 9.18 Å². The summed E-state index contributed by atoms with van der Waals surface area (Å²) in [6.45, 7) is -0.460. The van der Waals surface area contributed by atoms with Crippen LogP contribution in [0, 0.1) is 5.82 Å². The molecule has 1 fully saturated rings. The van der Waals surface area contributed by atoms with Crippen LogP contribution in [0.5, 0.6) is 0 Å². The van der Waals surface area contributed by atoms with E-state index < -0.39 is 24.4 Å². The van der Waals surface area contributed by atoms with Crippen molar-refractivity contribution in [1.82, 2.24) is 20.7 Å². The lowest BCUT2D eigenvalue weighted by atomic mass is 10.3. The number of anilines is 1. The molecule has 122 valence electrons. The molecule has 23 heavy (non-hydrogen) atoms. The third-order valence-corrected chi connectivity index (χ3v) is 3.15. The fraction of sp³-hybridized carbons (Fsp3) is 0.231. The molecule has 1 heterocycles. The van der Waals surface area contributed by atoms with Crippen LogP contribution in [-0.2, 0) is 9.59 Å². The van der Waals surface area contributed by atoms with Crippen LogP contribution in [0.25, 0.3) is 0 Å². The van der Waals surface area contributed by atoms with Gasteiger partial charge in [-0.1, -0.05) is 0 Å². The van der Waals surface area contributed by atoms with E-state index in [1.807, 2.05) is 0 Å². The van der Waals surface area contributed by atoms with Crippen molar-refractivity contribution in [2.45, 2.75) is 0 Å². The first-order valence-electron chi connectivity index (χ1n) is 6.53. The number of nitrogens with zero attached hydrogens (tertiary/aromatic N) is 2. The van der Waals surface area contributed by atoms with Crippen molar-refractivity contribution in [3.8, 4) is 0 Å². The number of hydrazine groups is 1. The Balaban J connectivity index is 1.78. The van der Waals surface area contributed by atoms with E-state index in [4.69, 9.17) is 12.2 Å². The van der Waals surface area contributed by atoms with Crippen LogP contribution < -0.4 is 16.2 Å². The molecule has 0 bridgehead atoms. The molecule has 1 aliphatic rings. The molecule has 0 spiro atoms. The van der Waals surface area contributed by atoms with Crippen molar-refractivity contribution in [2.75, 3.05) is 25.5 Å². The minimum Gasteiger partial charge on any atom is -0.331 e. The van der Waals surface area contributed by atoms with Crippen molar-refractivity contribution in [3.05, 3.63) is 30.1 Å². The Hall–Kier alpha value is -2.75. The molecule has 0 unspecified atom stereocenters. The van der Waals surface area contributed by atoms with E-state index in [9.17, 15) is 18.8 Å². The third-order valence-electron chi connectivity index (χ3n) is 2.95. The van der Waals surface area contributed by atoms with Crippen LogP contribution >= 0.6 is 12.2 Å². The number of likely N-dealkylation sites (N-methyl/N-ethyl adjacent to an activating group) is 1. The molecule has 0 aromatic heterocycles. The van der Waals surface area contributed by atoms with E-state index in [2.05, 4.69) is 16.2 Å². The van der Waals surface area contributed by atoms with Gasteiger partial charge in [0, 0.05) is 12.7 Å². The maximum Gasteiger partial charge on any atom is 0.327 e. The van der Waals surface area contributed by atoms with Crippen LogP contribution in [0.4, 0.5) is 14.9 Å². The standard InChI is InChI=1S/C13H14FN5O3S/c1-18-7-11(21)19(13(18)22)6-10(20)16-17-12(23)15-9-4-2-8(14)3-5-9/h2-5H,6-7H2,1H3,(H,16,20)(H2,15,17,23). The molecule has 0 aliphatic carbocycles. The molecule has 3 N–H and O–H groups in total. The van der Waals surface area contributed by atoms with E-state index in [1.54, 1.807) is 0 Å². The lowest BCUT2D eigenvalue weighted by Crippen LogP contribution is -2.49. The Morgan fingerprint density at radius 3 is 2.48 bits per heavy atom. The van der Waals surface area contributed by atoms with E-state index in [0.717, 1.165) is 4.90 Å². The average Bonchev–Trinajstić information content (AvgIpc) is 2.74. The topological polar surface area (TPSA) is 93.8 Å². The average molecular weight is 339 g/mol. The van der Waals surface area contributed by atoms with Crippen LogP contribution in [0.15, 0.2) is 24.3 Å².